The van der Waals surface area contributed by atoms with Gasteiger partial charge in [0.1, 0.15) is 22.8 Å². The largest absolute Gasteiger partial charge is 0.508 e. The normalized spacial score (nSPS) is 20.0. The summed E-state index contributed by atoms with van der Waals surface area (Å²) >= 11 is 0. The van der Waals surface area contributed by atoms with Gasteiger partial charge in [-0.1, -0.05) is 6.07 Å². The number of ketones is 1. The molecule has 0 fully saturated rings. The van der Waals surface area contributed by atoms with Crippen LogP contribution in [-0.2, 0) is 4.74 Å². The number of Topliss-reactive ketones (excluding diaryl/α,β-unsaturated/α-hetero) is 1. The molecular weight excluding hydrogens is 304 g/mol. The molecule has 0 aliphatic carbocycles. The molecule has 0 saturated heterocycles. The molecule has 7 heteroatoms. The van der Waals surface area contributed by atoms with Crippen molar-refractivity contribution in [2.24, 2.45) is 0 Å². The third kappa shape index (κ3) is 2.40. The van der Waals surface area contributed by atoms with Gasteiger partial charge in [-0.15, -0.1) is 0 Å². The number of hydrogen-bond acceptors (Lipinski definition) is 7. The number of fused-ring (bicyclic) bond motifs is 1. The first-order valence-electron chi connectivity index (χ1n) is 6.74. The van der Waals surface area contributed by atoms with Crippen molar-refractivity contribution in [3.05, 3.63) is 41.5 Å². The van der Waals surface area contributed by atoms with Crippen LogP contribution in [0, 0.1) is 0 Å². The summed E-state index contributed by atoms with van der Waals surface area (Å²) in [7, 11) is 1.32. The monoisotopic (exact) mass is 318 g/mol. The average Bonchev–Trinajstić information content (AvgIpc) is 2.49. The molecule has 0 radical (unpaired) electrons. The van der Waals surface area contributed by atoms with Gasteiger partial charge in [-0.3, -0.25) is 4.79 Å². The molecule has 3 rings (SSSR count). The van der Waals surface area contributed by atoms with E-state index in [-0.39, 0.29) is 28.6 Å². The number of rotatable bonds is 2. The zero-order chi connectivity index (χ0) is 16.7. The van der Waals surface area contributed by atoms with Crippen molar-refractivity contribution in [3.8, 4) is 28.7 Å². The summed E-state index contributed by atoms with van der Waals surface area (Å²) in [6.45, 7) is 0. The first-order chi connectivity index (χ1) is 10.9. The van der Waals surface area contributed by atoms with Crippen LogP contribution in [-0.4, -0.2) is 39.4 Å². The van der Waals surface area contributed by atoms with Gasteiger partial charge >= 0.3 is 0 Å². The number of benzene rings is 2. The maximum absolute atomic E-state index is 12.6. The van der Waals surface area contributed by atoms with Gasteiger partial charge in [0.05, 0.1) is 0 Å². The molecule has 120 valence electrons. The van der Waals surface area contributed by atoms with E-state index < -0.39 is 23.7 Å². The zero-order valence-electron chi connectivity index (χ0n) is 12.1. The highest BCUT2D eigenvalue weighted by molar-refractivity contribution is 6.05. The highest BCUT2D eigenvalue weighted by Crippen LogP contribution is 2.43. The van der Waals surface area contributed by atoms with Crippen molar-refractivity contribution in [3.63, 3.8) is 0 Å². The van der Waals surface area contributed by atoms with Crippen LogP contribution in [0.1, 0.15) is 22.0 Å². The second kappa shape index (κ2) is 5.36. The van der Waals surface area contributed by atoms with Crippen molar-refractivity contribution < 1.29 is 34.7 Å². The van der Waals surface area contributed by atoms with Gasteiger partial charge in [-0.25, -0.2) is 0 Å². The first kappa shape index (κ1) is 15.0. The third-order valence-electron chi connectivity index (χ3n) is 3.68. The molecule has 4 N–H and O–H groups in total. The molecule has 1 heterocycles. The average molecular weight is 318 g/mol. The fourth-order valence-electron chi connectivity index (χ4n) is 2.60. The van der Waals surface area contributed by atoms with Crippen molar-refractivity contribution in [1.82, 2.24) is 0 Å². The van der Waals surface area contributed by atoms with Gasteiger partial charge in [0.25, 0.3) is 0 Å². The van der Waals surface area contributed by atoms with Crippen molar-refractivity contribution >= 4 is 5.78 Å². The molecule has 1 aliphatic heterocycles. The SMILES string of the molecule is CO[C@@H]1C(=O)c2c(O)cc(O)cc2O[C@@H]1c1ccc(O)c(O)c1. The van der Waals surface area contributed by atoms with Crippen molar-refractivity contribution in [2.75, 3.05) is 7.11 Å². The standard InChI is InChI=1S/C16H14O7/c1-22-16-14(21)13-11(20)5-8(17)6-12(13)23-15(16)7-2-3-9(18)10(19)4-7/h2-6,15-20H,1H3/t15-,16-/m1/s1. The smallest absolute Gasteiger partial charge is 0.203 e. The lowest BCUT2D eigenvalue weighted by Gasteiger charge is -2.32. The molecule has 0 spiro atoms. The van der Waals surface area contributed by atoms with E-state index in [2.05, 4.69) is 0 Å². The zero-order valence-corrected chi connectivity index (χ0v) is 12.1. The highest BCUT2D eigenvalue weighted by Gasteiger charge is 2.40. The number of phenolic OH excluding ortho intramolecular Hbond substituents is 4. The van der Waals surface area contributed by atoms with E-state index in [0.29, 0.717) is 5.56 Å². The Labute approximate surface area is 131 Å². The quantitative estimate of drug-likeness (QED) is 0.624. The number of methoxy groups -OCH3 is 1. The molecule has 7 nitrogen and oxygen atoms in total. The summed E-state index contributed by atoms with van der Waals surface area (Å²) in [5.74, 6) is -1.82. The Morgan fingerprint density at radius 3 is 2.39 bits per heavy atom. The van der Waals surface area contributed by atoms with Crippen molar-refractivity contribution in [2.45, 2.75) is 12.2 Å². The minimum absolute atomic E-state index is 0.0124. The second-order valence-electron chi connectivity index (χ2n) is 5.15. The van der Waals surface area contributed by atoms with Crippen LogP contribution in [0.25, 0.3) is 0 Å². The Bertz CT molecular complexity index is 784. The second-order valence-corrected chi connectivity index (χ2v) is 5.15. The van der Waals surface area contributed by atoms with Crippen molar-refractivity contribution in [1.29, 1.82) is 0 Å². The Kier molecular flexibility index (Phi) is 3.49. The predicted octanol–water partition coefficient (Wildman–Crippen LogP) is 1.84. The van der Waals surface area contributed by atoms with Crippen LogP contribution in [0.2, 0.25) is 0 Å². The lowest BCUT2D eigenvalue weighted by atomic mass is 9.92. The van der Waals surface area contributed by atoms with Crippen LogP contribution >= 0.6 is 0 Å². The van der Waals surface area contributed by atoms with E-state index in [0.717, 1.165) is 6.07 Å². The summed E-state index contributed by atoms with van der Waals surface area (Å²) in [5.41, 5.74) is 0.322. The number of phenols is 4. The Morgan fingerprint density at radius 2 is 1.74 bits per heavy atom. The molecule has 0 bridgehead atoms. The fourth-order valence-corrected chi connectivity index (χ4v) is 2.60. The Balaban J connectivity index is 2.11. The van der Waals surface area contributed by atoms with E-state index in [4.69, 9.17) is 9.47 Å². The maximum Gasteiger partial charge on any atom is 0.203 e. The molecule has 2 aromatic rings. The minimum atomic E-state index is -1.05. The summed E-state index contributed by atoms with van der Waals surface area (Å²) < 4.78 is 10.9. The number of aromatic hydroxyl groups is 4. The lowest BCUT2D eigenvalue weighted by molar-refractivity contribution is -0.00115. The van der Waals surface area contributed by atoms with Crippen LogP contribution < -0.4 is 4.74 Å². The van der Waals surface area contributed by atoms with E-state index in [1.165, 1.54) is 31.4 Å². The number of carbonyl (C=O) groups is 1. The van der Waals surface area contributed by atoms with Gasteiger partial charge < -0.3 is 29.9 Å². The summed E-state index contributed by atoms with van der Waals surface area (Å²) in [6.07, 6.45) is -1.96. The van der Waals surface area contributed by atoms with Crippen LogP contribution in [0.4, 0.5) is 0 Å². The number of hydrogen-bond donors (Lipinski definition) is 4. The van der Waals surface area contributed by atoms with Crippen LogP contribution in [0.5, 0.6) is 28.7 Å². The molecule has 0 unspecified atom stereocenters. The number of carbonyl (C=O) groups excluding carboxylic acids is 1. The molecule has 0 aromatic heterocycles. The molecular formula is C16H14O7. The molecule has 2 aromatic carbocycles. The molecule has 0 amide bonds. The third-order valence-corrected chi connectivity index (χ3v) is 3.68. The maximum atomic E-state index is 12.6. The van der Waals surface area contributed by atoms with E-state index in [1.54, 1.807) is 0 Å². The Hall–Kier alpha value is -2.93. The molecule has 2 atom stereocenters. The highest BCUT2D eigenvalue weighted by atomic mass is 16.5. The molecule has 0 saturated carbocycles. The topological polar surface area (TPSA) is 116 Å². The lowest BCUT2D eigenvalue weighted by Crippen LogP contribution is -2.37. The fraction of sp³-hybridized carbons (Fsp3) is 0.188. The summed E-state index contributed by atoms with van der Waals surface area (Å²) in [5, 5.41) is 38.4. The van der Waals surface area contributed by atoms with Gasteiger partial charge in [0.2, 0.25) is 5.78 Å². The Morgan fingerprint density at radius 1 is 1.00 bits per heavy atom. The van der Waals surface area contributed by atoms with E-state index in [1.807, 2.05) is 0 Å². The van der Waals surface area contributed by atoms with Gasteiger partial charge in [0.15, 0.2) is 23.7 Å². The molecule has 1 aliphatic rings. The molecule has 23 heavy (non-hydrogen) atoms. The minimum Gasteiger partial charge on any atom is -0.508 e. The number of ether oxygens (including phenoxy) is 2. The first-order valence-corrected chi connectivity index (χ1v) is 6.74. The summed E-state index contributed by atoms with van der Waals surface area (Å²) in [4.78, 5) is 12.6. The van der Waals surface area contributed by atoms with Gasteiger partial charge in [-0.2, -0.15) is 0 Å². The van der Waals surface area contributed by atoms with E-state index in [9.17, 15) is 25.2 Å². The van der Waals surface area contributed by atoms with Crippen LogP contribution in [0.3, 0.4) is 0 Å². The predicted molar refractivity (Wildman–Crippen MR) is 78.0 cm³/mol. The van der Waals surface area contributed by atoms with Gasteiger partial charge in [0, 0.05) is 19.2 Å². The van der Waals surface area contributed by atoms with Gasteiger partial charge in [-0.05, 0) is 17.7 Å². The summed E-state index contributed by atoms with van der Waals surface area (Å²) in [6, 6.07) is 6.26. The van der Waals surface area contributed by atoms with E-state index >= 15 is 0 Å². The van der Waals surface area contributed by atoms with Crippen LogP contribution in [0.15, 0.2) is 30.3 Å².